The van der Waals surface area contributed by atoms with Gasteiger partial charge in [0.05, 0.1) is 12.5 Å². The first-order valence-electron chi connectivity index (χ1n) is 6.31. The Balaban J connectivity index is 1.78. The second-order valence-corrected chi connectivity index (χ2v) is 4.52. The van der Waals surface area contributed by atoms with Crippen LogP contribution in [0.25, 0.3) is 0 Å². The van der Waals surface area contributed by atoms with Crippen molar-refractivity contribution in [3.05, 3.63) is 35.9 Å². The molecule has 0 amide bonds. The molecule has 0 bridgehead atoms. The lowest BCUT2D eigenvalue weighted by Crippen LogP contribution is -2.30. The van der Waals surface area contributed by atoms with E-state index in [1.807, 2.05) is 22.9 Å². The van der Waals surface area contributed by atoms with Crippen LogP contribution in [0.1, 0.15) is 30.4 Å². The zero-order chi connectivity index (χ0) is 12.2. The largest absolute Gasteiger partial charge is 0.317 e. The summed E-state index contributed by atoms with van der Waals surface area (Å²) in [7, 11) is 0. The van der Waals surface area contributed by atoms with Gasteiger partial charge in [-0.1, -0.05) is 6.07 Å². The van der Waals surface area contributed by atoms with Gasteiger partial charge in [0, 0.05) is 11.9 Å². The SMILES string of the molecule is c1ccc(Cc2nnnn2C2CCNCC2)nc1. The van der Waals surface area contributed by atoms with Gasteiger partial charge in [-0.05, 0) is 48.5 Å². The van der Waals surface area contributed by atoms with Gasteiger partial charge in [-0.25, -0.2) is 4.68 Å². The number of rotatable bonds is 3. The van der Waals surface area contributed by atoms with Crippen molar-refractivity contribution in [1.29, 1.82) is 0 Å². The molecule has 6 nitrogen and oxygen atoms in total. The third-order valence-electron chi connectivity index (χ3n) is 3.28. The number of hydrogen-bond donors (Lipinski definition) is 1. The first-order valence-corrected chi connectivity index (χ1v) is 6.31. The van der Waals surface area contributed by atoms with E-state index in [9.17, 15) is 0 Å². The molecule has 0 aliphatic carbocycles. The number of hydrogen-bond acceptors (Lipinski definition) is 5. The minimum atomic E-state index is 0.417. The standard InChI is InChI=1S/C12H16N6/c1-2-6-14-10(3-1)9-12-15-16-17-18(12)11-4-7-13-8-5-11/h1-3,6,11,13H,4-5,7-9H2. The zero-order valence-corrected chi connectivity index (χ0v) is 10.2. The van der Waals surface area contributed by atoms with Crippen molar-refractivity contribution in [2.75, 3.05) is 13.1 Å². The molecule has 0 spiro atoms. The van der Waals surface area contributed by atoms with Gasteiger partial charge in [0.1, 0.15) is 0 Å². The minimum Gasteiger partial charge on any atom is -0.317 e. The van der Waals surface area contributed by atoms with E-state index in [4.69, 9.17) is 0 Å². The van der Waals surface area contributed by atoms with E-state index in [1.54, 1.807) is 6.20 Å². The molecular weight excluding hydrogens is 228 g/mol. The fourth-order valence-corrected chi connectivity index (χ4v) is 2.33. The molecule has 0 atom stereocenters. The van der Waals surface area contributed by atoms with Crippen LogP contribution in [0.15, 0.2) is 24.4 Å². The Morgan fingerprint density at radius 3 is 2.94 bits per heavy atom. The van der Waals surface area contributed by atoms with Crippen LogP contribution in [-0.4, -0.2) is 38.3 Å². The molecule has 1 saturated heterocycles. The molecule has 1 aliphatic heterocycles. The molecule has 0 saturated carbocycles. The first kappa shape index (κ1) is 11.3. The summed E-state index contributed by atoms with van der Waals surface area (Å²) in [6, 6.07) is 6.32. The lowest BCUT2D eigenvalue weighted by atomic mass is 10.1. The third kappa shape index (κ3) is 2.38. The quantitative estimate of drug-likeness (QED) is 0.855. The van der Waals surface area contributed by atoms with Gasteiger partial charge in [0.15, 0.2) is 5.82 Å². The first-order chi connectivity index (χ1) is 8.93. The van der Waals surface area contributed by atoms with Crippen molar-refractivity contribution in [1.82, 2.24) is 30.5 Å². The zero-order valence-electron chi connectivity index (χ0n) is 10.2. The lowest BCUT2D eigenvalue weighted by Gasteiger charge is -2.23. The second kappa shape index (κ2) is 5.22. The van der Waals surface area contributed by atoms with Crippen molar-refractivity contribution in [3.63, 3.8) is 0 Å². The molecule has 0 aromatic carbocycles. The van der Waals surface area contributed by atoms with E-state index in [2.05, 4.69) is 25.8 Å². The summed E-state index contributed by atoms with van der Waals surface area (Å²) in [4.78, 5) is 4.32. The van der Waals surface area contributed by atoms with E-state index >= 15 is 0 Å². The van der Waals surface area contributed by atoms with Crippen LogP contribution >= 0.6 is 0 Å². The van der Waals surface area contributed by atoms with Crippen molar-refractivity contribution < 1.29 is 0 Å². The maximum absolute atomic E-state index is 4.32. The highest BCUT2D eigenvalue weighted by Gasteiger charge is 2.19. The van der Waals surface area contributed by atoms with Gasteiger partial charge < -0.3 is 5.32 Å². The minimum absolute atomic E-state index is 0.417. The molecular formula is C12H16N6. The average Bonchev–Trinajstić information content (AvgIpc) is 2.89. The fourth-order valence-electron chi connectivity index (χ4n) is 2.33. The molecule has 0 unspecified atom stereocenters. The molecule has 3 rings (SSSR count). The van der Waals surface area contributed by atoms with Gasteiger partial charge in [-0.2, -0.15) is 0 Å². The van der Waals surface area contributed by atoms with E-state index in [0.29, 0.717) is 12.5 Å². The van der Waals surface area contributed by atoms with Crippen molar-refractivity contribution in [2.24, 2.45) is 0 Å². The topological polar surface area (TPSA) is 68.5 Å². The summed E-state index contributed by atoms with van der Waals surface area (Å²) in [6.07, 6.45) is 4.66. The number of nitrogens with one attached hydrogen (secondary N) is 1. The number of aromatic nitrogens is 5. The predicted octanol–water partition coefficient (Wildman–Crippen LogP) is 0.583. The molecule has 1 aliphatic rings. The van der Waals surface area contributed by atoms with Gasteiger partial charge in [-0.3, -0.25) is 4.98 Å². The third-order valence-corrected chi connectivity index (χ3v) is 3.28. The Morgan fingerprint density at radius 1 is 1.28 bits per heavy atom. The number of pyridine rings is 1. The maximum atomic E-state index is 4.32. The van der Waals surface area contributed by atoms with Gasteiger partial charge in [-0.15, -0.1) is 5.10 Å². The Hall–Kier alpha value is -1.82. The Kier molecular flexibility index (Phi) is 3.27. The highest BCUT2D eigenvalue weighted by atomic mass is 15.5. The molecule has 1 N–H and O–H groups in total. The van der Waals surface area contributed by atoms with Crippen LogP contribution in [0, 0.1) is 0 Å². The Bertz CT molecular complexity index is 488. The van der Waals surface area contributed by atoms with E-state index in [1.165, 1.54) is 0 Å². The molecule has 2 aromatic rings. The van der Waals surface area contributed by atoms with Crippen LogP contribution in [0.3, 0.4) is 0 Å². The monoisotopic (exact) mass is 244 g/mol. The Labute approximate surface area is 105 Å². The van der Waals surface area contributed by atoms with Crippen molar-refractivity contribution >= 4 is 0 Å². The summed E-state index contributed by atoms with van der Waals surface area (Å²) in [5, 5.41) is 15.4. The van der Waals surface area contributed by atoms with Crippen LogP contribution in [0.2, 0.25) is 0 Å². The molecule has 18 heavy (non-hydrogen) atoms. The highest BCUT2D eigenvalue weighted by molar-refractivity contribution is 5.09. The molecule has 2 aromatic heterocycles. The molecule has 1 fully saturated rings. The Morgan fingerprint density at radius 2 is 2.17 bits per heavy atom. The molecule has 0 radical (unpaired) electrons. The number of piperidine rings is 1. The average molecular weight is 244 g/mol. The highest BCUT2D eigenvalue weighted by Crippen LogP contribution is 2.18. The summed E-state index contributed by atoms with van der Waals surface area (Å²) < 4.78 is 1.97. The van der Waals surface area contributed by atoms with E-state index < -0.39 is 0 Å². The second-order valence-electron chi connectivity index (χ2n) is 4.52. The lowest BCUT2D eigenvalue weighted by molar-refractivity contribution is 0.330. The van der Waals surface area contributed by atoms with Crippen molar-refractivity contribution in [2.45, 2.75) is 25.3 Å². The summed E-state index contributed by atoms with van der Waals surface area (Å²) >= 11 is 0. The predicted molar refractivity (Wildman–Crippen MR) is 66.0 cm³/mol. The molecule has 3 heterocycles. The number of tetrazole rings is 1. The van der Waals surface area contributed by atoms with Gasteiger partial charge in [0.2, 0.25) is 0 Å². The maximum Gasteiger partial charge on any atom is 0.157 e. The van der Waals surface area contributed by atoms with Crippen LogP contribution in [-0.2, 0) is 6.42 Å². The van der Waals surface area contributed by atoms with Gasteiger partial charge in [0.25, 0.3) is 0 Å². The summed E-state index contributed by atoms with van der Waals surface area (Å²) in [6.45, 7) is 2.07. The van der Waals surface area contributed by atoms with E-state index in [-0.39, 0.29) is 0 Å². The van der Waals surface area contributed by atoms with Crippen LogP contribution in [0.5, 0.6) is 0 Å². The van der Waals surface area contributed by atoms with Gasteiger partial charge >= 0.3 is 0 Å². The van der Waals surface area contributed by atoms with E-state index in [0.717, 1.165) is 37.4 Å². The summed E-state index contributed by atoms with van der Waals surface area (Å²) in [5.74, 6) is 0.903. The van der Waals surface area contributed by atoms with Crippen molar-refractivity contribution in [3.8, 4) is 0 Å². The fraction of sp³-hybridized carbons (Fsp3) is 0.500. The number of nitrogens with zero attached hydrogens (tertiary/aromatic N) is 5. The van der Waals surface area contributed by atoms with Crippen LogP contribution in [0.4, 0.5) is 0 Å². The molecule has 6 heteroatoms. The smallest absolute Gasteiger partial charge is 0.157 e. The molecule has 94 valence electrons. The summed E-state index contributed by atoms with van der Waals surface area (Å²) in [5.41, 5.74) is 1.00. The normalized spacial score (nSPS) is 16.9. The van der Waals surface area contributed by atoms with Crippen LogP contribution < -0.4 is 5.32 Å².